The SMILES string of the molecule is CCN(Cc1ccc(Cl)s1)C(=O)CCNC(=O)NC1CCCCC1. The molecule has 5 nitrogen and oxygen atoms in total. The van der Waals surface area contributed by atoms with E-state index in [4.69, 9.17) is 11.6 Å². The average molecular weight is 372 g/mol. The molecule has 134 valence electrons. The number of urea groups is 1. The molecule has 0 aromatic carbocycles. The van der Waals surface area contributed by atoms with Crippen molar-refractivity contribution in [3.8, 4) is 0 Å². The van der Waals surface area contributed by atoms with Crippen LogP contribution < -0.4 is 10.6 Å². The van der Waals surface area contributed by atoms with E-state index >= 15 is 0 Å². The van der Waals surface area contributed by atoms with Crippen LogP contribution in [0.1, 0.15) is 50.3 Å². The van der Waals surface area contributed by atoms with Crippen molar-refractivity contribution in [1.82, 2.24) is 15.5 Å². The summed E-state index contributed by atoms with van der Waals surface area (Å²) in [6.45, 7) is 3.53. The molecule has 1 aromatic rings. The molecular weight excluding hydrogens is 346 g/mol. The summed E-state index contributed by atoms with van der Waals surface area (Å²) in [5, 5.41) is 5.78. The van der Waals surface area contributed by atoms with Crippen LogP contribution in [-0.4, -0.2) is 36.0 Å². The first-order chi connectivity index (χ1) is 11.6. The summed E-state index contributed by atoms with van der Waals surface area (Å²) >= 11 is 7.41. The van der Waals surface area contributed by atoms with Crippen molar-refractivity contribution in [1.29, 1.82) is 0 Å². The molecule has 7 heteroatoms. The molecule has 0 unspecified atom stereocenters. The molecule has 1 aromatic heterocycles. The molecule has 0 saturated heterocycles. The normalized spacial score (nSPS) is 15.1. The molecule has 1 fully saturated rings. The van der Waals surface area contributed by atoms with Gasteiger partial charge in [0.15, 0.2) is 0 Å². The lowest BCUT2D eigenvalue weighted by Crippen LogP contribution is -2.44. The number of carbonyl (C=O) groups is 2. The Labute approximate surface area is 152 Å². The van der Waals surface area contributed by atoms with Gasteiger partial charge in [-0.05, 0) is 31.9 Å². The third-order valence-electron chi connectivity index (χ3n) is 4.27. The minimum absolute atomic E-state index is 0.0417. The van der Waals surface area contributed by atoms with Crippen LogP contribution in [0.15, 0.2) is 12.1 Å². The van der Waals surface area contributed by atoms with Crippen LogP contribution in [0.2, 0.25) is 4.34 Å². The number of nitrogens with zero attached hydrogens (tertiary/aromatic N) is 1. The van der Waals surface area contributed by atoms with E-state index in [0.29, 0.717) is 26.1 Å². The van der Waals surface area contributed by atoms with Gasteiger partial charge in [0.25, 0.3) is 0 Å². The first kappa shape index (κ1) is 19.1. The predicted molar refractivity (Wildman–Crippen MR) is 98.4 cm³/mol. The van der Waals surface area contributed by atoms with Gasteiger partial charge in [-0.2, -0.15) is 0 Å². The highest BCUT2D eigenvalue weighted by Gasteiger charge is 2.16. The number of hydrogen-bond donors (Lipinski definition) is 2. The van der Waals surface area contributed by atoms with Crippen molar-refractivity contribution in [3.05, 3.63) is 21.3 Å². The smallest absolute Gasteiger partial charge is 0.315 e. The fraction of sp³-hybridized carbons (Fsp3) is 0.647. The Bertz CT molecular complexity index is 544. The number of nitrogens with one attached hydrogen (secondary N) is 2. The Kier molecular flexibility index (Phi) is 7.85. The van der Waals surface area contributed by atoms with Gasteiger partial charge in [-0.3, -0.25) is 4.79 Å². The lowest BCUT2D eigenvalue weighted by Gasteiger charge is -2.23. The van der Waals surface area contributed by atoms with Crippen LogP contribution in [0.25, 0.3) is 0 Å². The van der Waals surface area contributed by atoms with Gasteiger partial charge in [0.05, 0.1) is 10.9 Å². The molecule has 1 heterocycles. The maximum Gasteiger partial charge on any atom is 0.315 e. The van der Waals surface area contributed by atoms with E-state index < -0.39 is 0 Å². The van der Waals surface area contributed by atoms with E-state index in [1.165, 1.54) is 30.6 Å². The zero-order valence-corrected chi connectivity index (χ0v) is 15.7. The highest BCUT2D eigenvalue weighted by Crippen LogP contribution is 2.22. The standard InChI is InChI=1S/C17H26ClN3O2S/c1-2-21(12-14-8-9-15(18)24-14)16(22)10-11-19-17(23)20-13-6-4-3-5-7-13/h8-9,13H,2-7,10-12H2,1H3,(H2,19,20,23). The second kappa shape index (κ2) is 9.89. The summed E-state index contributed by atoms with van der Waals surface area (Å²) in [4.78, 5) is 27.0. The lowest BCUT2D eigenvalue weighted by molar-refractivity contribution is -0.131. The Morgan fingerprint density at radius 2 is 2.04 bits per heavy atom. The Hall–Kier alpha value is -1.27. The molecule has 2 rings (SSSR count). The van der Waals surface area contributed by atoms with Crippen LogP contribution in [0.5, 0.6) is 0 Å². The number of carbonyl (C=O) groups excluding carboxylic acids is 2. The molecule has 3 amide bonds. The van der Waals surface area contributed by atoms with Crippen molar-refractivity contribution in [2.45, 2.75) is 58.0 Å². The fourth-order valence-electron chi connectivity index (χ4n) is 2.93. The Morgan fingerprint density at radius 3 is 2.67 bits per heavy atom. The average Bonchev–Trinajstić information content (AvgIpc) is 2.98. The monoisotopic (exact) mass is 371 g/mol. The van der Waals surface area contributed by atoms with Gasteiger partial charge in [0.1, 0.15) is 0 Å². The molecule has 0 bridgehead atoms. The van der Waals surface area contributed by atoms with Gasteiger partial charge >= 0.3 is 6.03 Å². The van der Waals surface area contributed by atoms with Crippen molar-refractivity contribution in [2.75, 3.05) is 13.1 Å². The number of hydrogen-bond acceptors (Lipinski definition) is 3. The number of rotatable bonds is 7. The predicted octanol–water partition coefficient (Wildman–Crippen LogP) is 3.77. The zero-order chi connectivity index (χ0) is 17.4. The van der Waals surface area contributed by atoms with Crippen LogP contribution in [-0.2, 0) is 11.3 Å². The van der Waals surface area contributed by atoms with Crippen molar-refractivity contribution in [2.24, 2.45) is 0 Å². The van der Waals surface area contributed by atoms with Crippen LogP contribution in [0, 0.1) is 0 Å². The molecule has 24 heavy (non-hydrogen) atoms. The number of thiophene rings is 1. The van der Waals surface area contributed by atoms with E-state index in [-0.39, 0.29) is 18.0 Å². The molecule has 0 aliphatic heterocycles. The van der Waals surface area contributed by atoms with Crippen LogP contribution in [0.3, 0.4) is 0 Å². The first-order valence-electron chi connectivity index (χ1n) is 8.65. The van der Waals surface area contributed by atoms with Gasteiger partial charge in [-0.15, -0.1) is 11.3 Å². The van der Waals surface area contributed by atoms with Gasteiger partial charge < -0.3 is 15.5 Å². The number of halogens is 1. The molecule has 1 aliphatic rings. The van der Waals surface area contributed by atoms with Gasteiger partial charge in [-0.1, -0.05) is 30.9 Å². The molecule has 0 spiro atoms. The van der Waals surface area contributed by atoms with E-state index in [1.54, 1.807) is 4.90 Å². The summed E-state index contributed by atoms with van der Waals surface area (Å²) in [6, 6.07) is 3.91. The van der Waals surface area contributed by atoms with Gasteiger partial charge in [0, 0.05) is 30.4 Å². The van der Waals surface area contributed by atoms with Crippen LogP contribution >= 0.6 is 22.9 Å². The Balaban J connectivity index is 1.67. The fourth-order valence-corrected chi connectivity index (χ4v) is 4.03. The second-order valence-electron chi connectivity index (χ2n) is 6.10. The second-order valence-corrected chi connectivity index (χ2v) is 7.90. The molecule has 1 aliphatic carbocycles. The highest BCUT2D eigenvalue weighted by molar-refractivity contribution is 7.16. The van der Waals surface area contributed by atoms with Gasteiger partial charge in [-0.25, -0.2) is 4.79 Å². The summed E-state index contributed by atoms with van der Waals surface area (Å²) in [5.41, 5.74) is 0. The minimum atomic E-state index is -0.164. The van der Waals surface area contributed by atoms with E-state index in [1.807, 2.05) is 19.1 Å². The van der Waals surface area contributed by atoms with Gasteiger partial charge in [0.2, 0.25) is 5.91 Å². The van der Waals surface area contributed by atoms with Crippen molar-refractivity contribution < 1.29 is 9.59 Å². The third-order valence-corrected chi connectivity index (χ3v) is 5.49. The molecule has 0 atom stereocenters. The maximum absolute atomic E-state index is 12.3. The molecular formula is C17H26ClN3O2S. The summed E-state index contributed by atoms with van der Waals surface area (Å²) in [5.74, 6) is 0.0417. The Morgan fingerprint density at radius 1 is 1.29 bits per heavy atom. The minimum Gasteiger partial charge on any atom is -0.338 e. The topological polar surface area (TPSA) is 61.4 Å². The lowest BCUT2D eigenvalue weighted by atomic mass is 9.96. The van der Waals surface area contributed by atoms with E-state index in [2.05, 4.69) is 10.6 Å². The van der Waals surface area contributed by atoms with Crippen LogP contribution in [0.4, 0.5) is 4.79 Å². The van der Waals surface area contributed by atoms with Crippen molar-refractivity contribution in [3.63, 3.8) is 0 Å². The zero-order valence-electron chi connectivity index (χ0n) is 14.1. The molecule has 2 N–H and O–H groups in total. The van der Waals surface area contributed by atoms with Crippen molar-refractivity contribution >= 4 is 34.9 Å². The maximum atomic E-state index is 12.3. The molecule has 1 saturated carbocycles. The largest absolute Gasteiger partial charge is 0.338 e. The van der Waals surface area contributed by atoms with E-state index in [0.717, 1.165) is 22.1 Å². The summed E-state index contributed by atoms with van der Waals surface area (Å²) in [6.07, 6.45) is 6.05. The first-order valence-corrected chi connectivity index (χ1v) is 9.84. The summed E-state index contributed by atoms with van der Waals surface area (Å²) < 4.78 is 0.731. The molecule has 0 radical (unpaired) electrons. The highest BCUT2D eigenvalue weighted by atomic mass is 35.5. The quantitative estimate of drug-likeness (QED) is 0.766. The number of amides is 3. The summed E-state index contributed by atoms with van der Waals surface area (Å²) in [7, 11) is 0. The third kappa shape index (κ3) is 6.32. The van der Waals surface area contributed by atoms with E-state index in [9.17, 15) is 9.59 Å².